The van der Waals surface area contributed by atoms with Gasteiger partial charge in [0, 0.05) is 18.3 Å². The lowest BCUT2D eigenvalue weighted by molar-refractivity contribution is 0.647. The minimum atomic E-state index is 0.628. The molecule has 0 radical (unpaired) electrons. The number of aromatic amines is 1. The van der Waals surface area contributed by atoms with Gasteiger partial charge in [-0.15, -0.1) is 0 Å². The van der Waals surface area contributed by atoms with Gasteiger partial charge >= 0.3 is 0 Å². The number of hydrogen-bond donors (Lipinski definition) is 1. The van der Waals surface area contributed by atoms with Gasteiger partial charge in [-0.3, -0.25) is 0 Å². The van der Waals surface area contributed by atoms with Crippen molar-refractivity contribution >= 4 is 0 Å². The van der Waals surface area contributed by atoms with Gasteiger partial charge < -0.3 is 4.98 Å². The molecule has 2 heteroatoms. The number of nitrogens with one attached hydrogen (secondary N) is 1. The summed E-state index contributed by atoms with van der Waals surface area (Å²) >= 11 is 0. The Labute approximate surface area is 87.1 Å². The first-order valence-corrected chi connectivity index (χ1v) is 5.81. The lowest BCUT2D eigenvalue weighted by atomic mass is 10.0. The SMILES string of the molecule is CCCCc1ncc(C(C)CCC)[nH]1. The predicted molar refractivity (Wildman–Crippen MR) is 60.5 cm³/mol. The fourth-order valence-electron chi connectivity index (χ4n) is 1.69. The number of unbranched alkanes of at least 4 members (excludes halogenated alkanes) is 1. The highest BCUT2D eigenvalue weighted by molar-refractivity contribution is 5.06. The van der Waals surface area contributed by atoms with Gasteiger partial charge in [0.05, 0.1) is 0 Å². The summed E-state index contributed by atoms with van der Waals surface area (Å²) in [5.41, 5.74) is 1.30. The lowest BCUT2D eigenvalue weighted by Crippen LogP contribution is -1.94. The van der Waals surface area contributed by atoms with Crippen molar-refractivity contribution in [3.8, 4) is 0 Å². The van der Waals surface area contributed by atoms with Crippen LogP contribution < -0.4 is 0 Å². The molecule has 0 fully saturated rings. The van der Waals surface area contributed by atoms with Gasteiger partial charge in [0.25, 0.3) is 0 Å². The maximum absolute atomic E-state index is 4.40. The summed E-state index contributed by atoms with van der Waals surface area (Å²) in [5, 5.41) is 0. The first-order chi connectivity index (χ1) is 6.77. The molecule has 0 aromatic carbocycles. The van der Waals surface area contributed by atoms with Gasteiger partial charge in [0.2, 0.25) is 0 Å². The van der Waals surface area contributed by atoms with Crippen LogP contribution >= 0.6 is 0 Å². The second-order valence-corrected chi connectivity index (χ2v) is 4.08. The second-order valence-electron chi connectivity index (χ2n) is 4.08. The van der Waals surface area contributed by atoms with E-state index in [1.807, 2.05) is 6.20 Å². The average Bonchev–Trinajstić information content (AvgIpc) is 2.63. The van der Waals surface area contributed by atoms with Gasteiger partial charge in [-0.2, -0.15) is 0 Å². The fraction of sp³-hybridized carbons (Fsp3) is 0.750. The van der Waals surface area contributed by atoms with Crippen molar-refractivity contribution in [1.82, 2.24) is 9.97 Å². The molecule has 1 aromatic rings. The number of rotatable bonds is 6. The van der Waals surface area contributed by atoms with Crippen LogP contribution in [0.4, 0.5) is 0 Å². The topological polar surface area (TPSA) is 28.7 Å². The smallest absolute Gasteiger partial charge is 0.106 e. The molecule has 2 nitrogen and oxygen atoms in total. The summed E-state index contributed by atoms with van der Waals surface area (Å²) in [6.45, 7) is 6.70. The van der Waals surface area contributed by atoms with Crippen LogP contribution in [-0.2, 0) is 6.42 Å². The molecule has 0 saturated carbocycles. The third kappa shape index (κ3) is 3.17. The molecule has 0 aliphatic heterocycles. The molecule has 80 valence electrons. The lowest BCUT2D eigenvalue weighted by Gasteiger charge is -2.05. The van der Waals surface area contributed by atoms with Crippen LogP contribution in [0.5, 0.6) is 0 Å². The van der Waals surface area contributed by atoms with Crippen molar-refractivity contribution in [3.63, 3.8) is 0 Å². The quantitative estimate of drug-likeness (QED) is 0.735. The monoisotopic (exact) mass is 194 g/mol. The Bertz CT molecular complexity index is 253. The highest BCUT2D eigenvalue weighted by Gasteiger charge is 2.07. The fourth-order valence-corrected chi connectivity index (χ4v) is 1.69. The van der Waals surface area contributed by atoms with E-state index >= 15 is 0 Å². The highest BCUT2D eigenvalue weighted by atomic mass is 14.9. The Morgan fingerprint density at radius 2 is 2.14 bits per heavy atom. The number of aryl methyl sites for hydroxylation is 1. The predicted octanol–water partition coefficient (Wildman–Crippen LogP) is 3.66. The molecule has 1 aromatic heterocycles. The Morgan fingerprint density at radius 3 is 2.79 bits per heavy atom. The van der Waals surface area contributed by atoms with E-state index in [0.29, 0.717) is 5.92 Å². The van der Waals surface area contributed by atoms with Crippen molar-refractivity contribution in [2.45, 2.75) is 58.8 Å². The first-order valence-electron chi connectivity index (χ1n) is 5.81. The number of imidazole rings is 1. The Balaban J connectivity index is 2.49. The minimum absolute atomic E-state index is 0.628. The van der Waals surface area contributed by atoms with Crippen molar-refractivity contribution in [1.29, 1.82) is 0 Å². The molecule has 1 unspecified atom stereocenters. The molecular weight excluding hydrogens is 172 g/mol. The van der Waals surface area contributed by atoms with Gasteiger partial charge in [-0.05, 0) is 18.8 Å². The highest BCUT2D eigenvalue weighted by Crippen LogP contribution is 2.18. The zero-order valence-electron chi connectivity index (χ0n) is 9.64. The van der Waals surface area contributed by atoms with Crippen LogP contribution in [-0.4, -0.2) is 9.97 Å². The third-order valence-electron chi connectivity index (χ3n) is 2.67. The summed E-state index contributed by atoms with van der Waals surface area (Å²) in [4.78, 5) is 7.82. The molecule has 1 rings (SSSR count). The number of aromatic nitrogens is 2. The van der Waals surface area contributed by atoms with E-state index in [-0.39, 0.29) is 0 Å². The standard InChI is InChI=1S/C12H22N2/c1-4-6-8-12-13-9-11(14-12)10(3)7-5-2/h9-10H,4-8H2,1-3H3,(H,13,14). The summed E-state index contributed by atoms with van der Waals surface area (Å²) in [7, 11) is 0. The van der Waals surface area contributed by atoms with Gasteiger partial charge in [-0.1, -0.05) is 33.6 Å². The van der Waals surface area contributed by atoms with Crippen molar-refractivity contribution in [2.75, 3.05) is 0 Å². The normalized spacial score (nSPS) is 13.1. The zero-order valence-corrected chi connectivity index (χ0v) is 9.64. The van der Waals surface area contributed by atoms with E-state index in [0.717, 1.165) is 12.2 Å². The van der Waals surface area contributed by atoms with Crippen LogP contribution in [0, 0.1) is 0 Å². The molecule has 0 aliphatic rings. The third-order valence-corrected chi connectivity index (χ3v) is 2.67. The van der Waals surface area contributed by atoms with Gasteiger partial charge in [0.15, 0.2) is 0 Å². The minimum Gasteiger partial charge on any atom is -0.346 e. The Kier molecular flexibility index (Phi) is 4.71. The van der Waals surface area contributed by atoms with Crippen LogP contribution in [0.25, 0.3) is 0 Å². The van der Waals surface area contributed by atoms with E-state index in [4.69, 9.17) is 0 Å². The molecule has 1 N–H and O–H groups in total. The van der Waals surface area contributed by atoms with Crippen LogP contribution in [0.15, 0.2) is 6.20 Å². The second kappa shape index (κ2) is 5.84. The maximum atomic E-state index is 4.40. The summed E-state index contributed by atoms with van der Waals surface area (Å²) < 4.78 is 0. The van der Waals surface area contributed by atoms with Crippen LogP contribution in [0.1, 0.15) is 63.9 Å². The van der Waals surface area contributed by atoms with Crippen molar-refractivity contribution < 1.29 is 0 Å². The van der Waals surface area contributed by atoms with E-state index in [2.05, 4.69) is 30.7 Å². The van der Waals surface area contributed by atoms with Crippen LogP contribution in [0.2, 0.25) is 0 Å². The molecule has 0 spiro atoms. The number of H-pyrrole nitrogens is 1. The molecule has 0 bridgehead atoms. The summed E-state index contributed by atoms with van der Waals surface area (Å²) in [5.74, 6) is 1.78. The van der Waals surface area contributed by atoms with Crippen molar-refractivity contribution in [2.24, 2.45) is 0 Å². The molecule has 0 amide bonds. The molecule has 0 saturated heterocycles. The van der Waals surface area contributed by atoms with E-state index in [1.165, 1.54) is 31.4 Å². The Morgan fingerprint density at radius 1 is 1.36 bits per heavy atom. The zero-order chi connectivity index (χ0) is 10.4. The summed E-state index contributed by atoms with van der Waals surface area (Å²) in [6, 6.07) is 0. The van der Waals surface area contributed by atoms with E-state index in [9.17, 15) is 0 Å². The summed E-state index contributed by atoms with van der Waals surface area (Å²) in [6.07, 6.45) is 8.05. The molecule has 14 heavy (non-hydrogen) atoms. The Hall–Kier alpha value is -0.790. The molecule has 0 aliphatic carbocycles. The molecule has 1 atom stereocenters. The van der Waals surface area contributed by atoms with Gasteiger partial charge in [-0.25, -0.2) is 4.98 Å². The van der Waals surface area contributed by atoms with E-state index in [1.54, 1.807) is 0 Å². The number of hydrogen-bond acceptors (Lipinski definition) is 1. The molecular formula is C12H22N2. The number of nitrogens with zero attached hydrogens (tertiary/aromatic N) is 1. The molecule has 1 heterocycles. The van der Waals surface area contributed by atoms with Gasteiger partial charge in [0.1, 0.15) is 5.82 Å². The van der Waals surface area contributed by atoms with E-state index < -0.39 is 0 Å². The largest absolute Gasteiger partial charge is 0.346 e. The van der Waals surface area contributed by atoms with Crippen molar-refractivity contribution in [3.05, 3.63) is 17.7 Å². The maximum Gasteiger partial charge on any atom is 0.106 e. The average molecular weight is 194 g/mol. The first kappa shape index (κ1) is 11.3. The van der Waals surface area contributed by atoms with Crippen LogP contribution in [0.3, 0.4) is 0 Å².